The lowest BCUT2D eigenvalue weighted by molar-refractivity contribution is -0.121. The fourth-order valence-electron chi connectivity index (χ4n) is 6.20. The molecule has 36 heavy (non-hydrogen) atoms. The number of carbonyl (C=O) groups excluding carboxylic acids is 1. The number of hydrogen-bond acceptors (Lipinski definition) is 7. The minimum Gasteiger partial charge on any atom is -0.356 e. The maximum Gasteiger partial charge on any atom is 0.243 e. The van der Waals surface area contributed by atoms with Gasteiger partial charge in [0, 0.05) is 31.3 Å². The molecule has 2 aliphatic heterocycles. The van der Waals surface area contributed by atoms with Crippen LogP contribution in [-0.2, 0) is 11.2 Å². The highest BCUT2D eigenvalue weighted by Crippen LogP contribution is 2.45. The first-order valence-corrected chi connectivity index (χ1v) is 14.0. The van der Waals surface area contributed by atoms with Gasteiger partial charge in [-0.1, -0.05) is 57.0 Å². The molecule has 2 aromatic rings. The first-order valence-electron chi connectivity index (χ1n) is 14.0. The van der Waals surface area contributed by atoms with Crippen molar-refractivity contribution in [3.63, 3.8) is 0 Å². The summed E-state index contributed by atoms with van der Waals surface area (Å²) in [6.45, 7) is 8.26. The summed E-state index contributed by atoms with van der Waals surface area (Å²) in [5.41, 5.74) is 4.89. The van der Waals surface area contributed by atoms with Gasteiger partial charge in [0.25, 0.3) is 0 Å². The van der Waals surface area contributed by atoms with Crippen LogP contribution in [0.2, 0.25) is 0 Å². The van der Waals surface area contributed by atoms with E-state index in [1.54, 1.807) is 0 Å². The number of nitrogens with one attached hydrogen (secondary N) is 3. The zero-order valence-electron chi connectivity index (χ0n) is 21.8. The van der Waals surface area contributed by atoms with E-state index in [1.807, 2.05) is 0 Å². The van der Waals surface area contributed by atoms with Crippen LogP contribution in [-0.4, -0.2) is 57.9 Å². The maximum atomic E-state index is 12.4. The van der Waals surface area contributed by atoms with E-state index in [-0.39, 0.29) is 18.2 Å². The predicted molar refractivity (Wildman–Crippen MR) is 141 cm³/mol. The number of hydrazine groups is 1. The minimum atomic E-state index is 0.0657. The lowest BCUT2D eigenvalue weighted by Crippen LogP contribution is -2.53. The van der Waals surface area contributed by atoms with Gasteiger partial charge in [-0.2, -0.15) is 0 Å². The lowest BCUT2D eigenvalue weighted by atomic mass is 9.81. The van der Waals surface area contributed by atoms with Gasteiger partial charge in [0.15, 0.2) is 0 Å². The van der Waals surface area contributed by atoms with Crippen molar-refractivity contribution < 1.29 is 4.79 Å². The quantitative estimate of drug-likeness (QED) is 0.414. The number of hydrogen-bond donors (Lipinski definition) is 3. The molecule has 0 spiro atoms. The minimum absolute atomic E-state index is 0.0657. The Morgan fingerprint density at radius 3 is 2.72 bits per heavy atom. The molecule has 0 radical (unpaired) electrons. The van der Waals surface area contributed by atoms with E-state index in [0.717, 1.165) is 63.6 Å². The summed E-state index contributed by atoms with van der Waals surface area (Å²) in [5.74, 6) is 2.57. The topological polar surface area (TPSA) is 90.3 Å². The smallest absolute Gasteiger partial charge is 0.243 e. The van der Waals surface area contributed by atoms with E-state index in [9.17, 15) is 4.79 Å². The lowest BCUT2D eigenvalue weighted by Gasteiger charge is -2.44. The van der Waals surface area contributed by atoms with Crippen molar-refractivity contribution >= 4 is 11.9 Å². The van der Waals surface area contributed by atoms with Gasteiger partial charge in [-0.05, 0) is 50.9 Å². The Balaban J connectivity index is 1.20. The molecule has 196 valence electrons. The van der Waals surface area contributed by atoms with Crippen LogP contribution in [0.3, 0.4) is 0 Å². The van der Waals surface area contributed by atoms with Gasteiger partial charge >= 0.3 is 0 Å². The predicted octanol–water partition coefficient (Wildman–Crippen LogP) is 3.13. The molecule has 2 fully saturated rings. The van der Waals surface area contributed by atoms with Gasteiger partial charge in [-0.15, -0.1) is 10.2 Å². The molecule has 1 saturated heterocycles. The number of amides is 1. The summed E-state index contributed by atoms with van der Waals surface area (Å²) < 4.78 is 2.38. The van der Waals surface area contributed by atoms with Crippen molar-refractivity contribution in [1.82, 2.24) is 35.7 Å². The van der Waals surface area contributed by atoms with Crippen molar-refractivity contribution in [3.05, 3.63) is 41.7 Å². The first kappa shape index (κ1) is 25.2. The summed E-state index contributed by atoms with van der Waals surface area (Å²) in [7, 11) is 0. The van der Waals surface area contributed by atoms with E-state index in [4.69, 9.17) is 0 Å². The van der Waals surface area contributed by atoms with Crippen LogP contribution in [0.5, 0.6) is 0 Å². The molecule has 9 heteroatoms. The highest BCUT2D eigenvalue weighted by atomic mass is 16.1. The summed E-state index contributed by atoms with van der Waals surface area (Å²) in [6.07, 6.45) is 8.26. The molecule has 3 N–H and O–H groups in total. The molecule has 1 aromatic heterocycles. The molecule has 3 heterocycles. The van der Waals surface area contributed by atoms with E-state index in [0.29, 0.717) is 18.4 Å². The van der Waals surface area contributed by atoms with Crippen molar-refractivity contribution in [2.24, 2.45) is 5.92 Å². The standard InChI is InChI=1S/C27H42N8O/c1-3-33(4-2)19-11-18-28-24(36)17-10-16-23-30-31-27-34(23)22-15-9-8-14-21(22)26-29-25(32-35(26)27)20-12-6-5-7-13-20/h5-7,12-13,21-22,25-26,29,32H,3-4,8-11,14-19H2,1-2H3,(H,28,36). The van der Waals surface area contributed by atoms with Crippen LogP contribution in [0.15, 0.2) is 30.3 Å². The first-order chi connectivity index (χ1) is 17.7. The van der Waals surface area contributed by atoms with Gasteiger partial charge in [0.1, 0.15) is 18.2 Å². The Morgan fingerprint density at radius 1 is 1.11 bits per heavy atom. The molecule has 9 nitrogen and oxygen atoms in total. The third-order valence-corrected chi connectivity index (χ3v) is 8.17. The number of anilines is 1. The Bertz CT molecular complexity index is 991. The summed E-state index contributed by atoms with van der Waals surface area (Å²) in [6, 6.07) is 11.0. The monoisotopic (exact) mass is 494 g/mol. The normalized spacial score (nSPS) is 24.9. The number of aryl methyl sites for hydroxylation is 1. The summed E-state index contributed by atoms with van der Waals surface area (Å²) >= 11 is 0. The molecular formula is C27H42N8O. The average molecular weight is 495 g/mol. The van der Waals surface area contributed by atoms with Crippen LogP contribution < -0.4 is 21.1 Å². The maximum absolute atomic E-state index is 12.4. The van der Waals surface area contributed by atoms with E-state index in [1.165, 1.54) is 24.8 Å². The number of carbonyl (C=O) groups is 1. The van der Waals surface area contributed by atoms with Gasteiger partial charge < -0.3 is 10.2 Å². The number of aromatic nitrogens is 3. The number of benzene rings is 1. The Morgan fingerprint density at radius 2 is 1.92 bits per heavy atom. The molecule has 4 unspecified atom stereocenters. The molecular weight excluding hydrogens is 452 g/mol. The second-order valence-electron chi connectivity index (χ2n) is 10.3. The van der Waals surface area contributed by atoms with Crippen molar-refractivity contribution in [3.8, 4) is 0 Å². The van der Waals surface area contributed by atoms with Crippen molar-refractivity contribution in [1.29, 1.82) is 0 Å². The van der Waals surface area contributed by atoms with Gasteiger partial charge in [0.2, 0.25) is 11.9 Å². The van der Waals surface area contributed by atoms with Crippen LogP contribution in [0, 0.1) is 5.92 Å². The summed E-state index contributed by atoms with van der Waals surface area (Å²) in [5, 5.41) is 18.4. The molecule has 0 bridgehead atoms. The molecule has 1 amide bonds. The molecule has 1 saturated carbocycles. The zero-order chi connectivity index (χ0) is 24.9. The van der Waals surface area contributed by atoms with E-state index in [2.05, 4.69) is 84.9 Å². The second-order valence-corrected chi connectivity index (χ2v) is 10.3. The SMILES string of the molecule is CCN(CC)CCCNC(=O)CCCc1nnc2n1C1CCCCC1C1NC(c3ccccc3)NN21. The number of fused-ring (bicyclic) bond motifs is 6. The average Bonchev–Trinajstić information content (AvgIpc) is 3.55. The molecule has 3 aliphatic rings. The highest BCUT2D eigenvalue weighted by molar-refractivity contribution is 5.75. The molecule has 4 atom stereocenters. The fourth-order valence-corrected chi connectivity index (χ4v) is 6.20. The van der Waals surface area contributed by atoms with Crippen LogP contribution in [0.4, 0.5) is 5.95 Å². The van der Waals surface area contributed by atoms with Crippen molar-refractivity contribution in [2.45, 2.75) is 83.6 Å². The Hall–Kier alpha value is -2.49. The fraction of sp³-hybridized carbons (Fsp3) is 0.667. The van der Waals surface area contributed by atoms with Gasteiger partial charge in [0.05, 0.1) is 0 Å². The highest BCUT2D eigenvalue weighted by Gasteiger charge is 2.48. The van der Waals surface area contributed by atoms with Gasteiger partial charge in [-0.25, -0.2) is 5.43 Å². The van der Waals surface area contributed by atoms with Gasteiger partial charge in [-0.3, -0.25) is 19.7 Å². The van der Waals surface area contributed by atoms with Crippen LogP contribution in [0.1, 0.15) is 82.4 Å². The third kappa shape index (κ3) is 5.28. The zero-order valence-corrected chi connectivity index (χ0v) is 21.8. The Labute approximate surface area is 215 Å². The van der Waals surface area contributed by atoms with Crippen molar-refractivity contribution in [2.75, 3.05) is 31.2 Å². The largest absolute Gasteiger partial charge is 0.356 e. The van der Waals surface area contributed by atoms with E-state index >= 15 is 0 Å². The number of nitrogens with zero attached hydrogens (tertiary/aromatic N) is 5. The van der Waals surface area contributed by atoms with E-state index < -0.39 is 0 Å². The van der Waals surface area contributed by atoms with Crippen LogP contribution in [0.25, 0.3) is 0 Å². The summed E-state index contributed by atoms with van der Waals surface area (Å²) in [4.78, 5) is 14.8. The number of rotatable bonds is 11. The third-order valence-electron chi connectivity index (χ3n) is 8.17. The molecule has 5 rings (SSSR count). The second kappa shape index (κ2) is 11.7. The molecule has 1 aromatic carbocycles. The Kier molecular flexibility index (Phi) is 8.19. The molecule has 1 aliphatic carbocycles. The van der Waals surface area contributed by atoms with Crippen LogP contribution >= 0.6 is 0 Å².